The average Bonchev–Trinajstić information content (AvgIpc) is 2.96. The number of unbranched alkanes of at least 4 members (excludes halogenated alkanes) is 10. The maximum atomic E-state index is 2.62. The second kappa shape index (κ2) is 14.7. The predicted molar refractivity (Wildman–Crippen MR) is 108 cm³/mol. The first-order valence-electron chi connectivity index (χ1n) is 11.0. The molecule has 0 radical (unpaired) electrons. The van der Waals surface area contributed by atoms with Crippen LogP contribution in [-0.4, -0.2) is 29.1 Å². The summed E-state index contributed by atoms with van der Waals surface area (Å²) in [4.78, 5) is 5.19. The Bertz CT molecular complexity index is 300. The van der Waals surface area contributed by atoms with Crippen LogP contribution in [0.3, 0.4) is 0 Å². The van der Waals surface area contributed by atoms with Gasteiger partial charge in [-0.3, -0.25) is 0 Å². The highest BCUT2D eigenvalue weighted by Crippen LogP contribution is 2.22. The van der Waals surface area contributed by atoms with Crippen LogP contribution in [0.1, 0.15) is 111 Å². The zero-order chi connectivity index (χ0) is 17.5. The molecule has 0 amide bonds. The Hall–Kier alpha value is -0.660. The largest absolute Gasteiger partial charge is 0.356 e. The molecule has 142 valence electrons. The lowest BCUT2D eigenvalue weighted by atomic mass is 10.1. The van der Waals surface area contributed by atoms with Crippen molar-refractivity contribution in [1.29, 1.82) is 0 Å². The topological polar surface area (TPSA) is 6.48 Å². The van der Waals surface area contributed by atoms with Gasteiger partial charge >= 0.3 is 0 Å². The van der Waals surface area contributed by atoms with Gasteiger partial charge in [0.1, 0.15) is 6.17 Å². The molecular formula is C22H44N2. The Morgan fingerprint density at radius 1 is 0.542 bits per heavy atom. The highest BCUT2D eigenvalue weighted by Gasteiger charge is 2.24. The third-order valence-corrected chi connectivity index (χ3v) is 5.28. The summed E-state index contributed by atoms with van der Waals surface area (Å²) in [5.41, 5.74) is 0. The quantitative estimate of drug-likeness (QED) is 0.282. The SMILES string of the molecule is CCCCCCCCCCCN1C=CN(CCC)C1CCCCC. The first kappa shape index (κ1) is 21.4. The molecule has 24 heavy (non-hydrogen) atoms. The van der Waals surface area contributed by atoms with Crippen molar-refractivity contribution in [2.45, 2.75) is 117 Å². The molecule has 0 saturated carbocycles. The summed E-state index contributed by atoms with van der Waals surface area (Å²) in [7, 11) is 0. The molecule has 0 fully saturated rings. The van der Waals surface area contributed by atoms with Crippen LogP contribution < -0.4 is 0 Å². The van der Waals surface area contributed by atoms with Crippen LogP contribution in [0.2, 0.25) is 0 Å². The third-order valence-electron chi connectivity index (χ3n) is 5.28. The van der Waals surface area contributed by atoms with Crippen LogP contribution >= 0.6 is 0 Å². The van der Waals surface area contributed by atoms with Crippen LogP contribution in [0.5, 0.6) is 0 Å². The molecule has 0 saturated heterocycles. The van der Waals surface area contributed by atoms with E-state index in [1.54, 1.807) is 0 Å². The second-order valence-electron chi connectivity index (χ2n) is 7.58. The van der Waals surface area contributed by atoms with Gasteiger partial charge in [0.2, 0.25) is 0 Å². The zero-order valence-corrected chi connectivity index (χ0v) is 16.9. The summed E-state index contributed by atoms with van der Waals surface area (Å²) in [5.74, 6) is 0. The van der Waals surface area contributed by atoms with Crippen molar-refractivity contribution in [3.63, 3.8) is 0 Å². The molecule has 0 aliphatic carbocycles. The van der Waals surface area contributed by atoms with Crippen molar-refractivity contribution in [3.8, 4) is 0 Å². The van der Waals surface area contributed by atoms with Crippen molar-refractivity contribution in [1.82, 2.24) is 9.80 Å². The summed E-state index contributed by atoms with van der Waals surface area (Å²) in [6.45, 7) is 9.35. The monoisotopic (exact) mass is 336 g/mol. The van der Waals surface area contributed by atoms with E-state index in [9.17, 15) is 0 Å². The van der Waals surface area contributed by atoms with Crippen molar-refractivity contribution in [2.24, 2.45) is 0 Å². The van der Waals surface area contributed by atoms with Crippen LogP contribution in [0.25, 0.3) is 0 Å². The van der Waals surface area contributed by atoms with E-state index in [0.29, 0.717) is 6.17 Å². The summed E-state index contributed by atoms with van der Waals surface area (Å²) < 4.78 is 0. The van der Waals surface area contributed by atoms with E-state index in [-0.39, 0.29) is 0 Å². The fraction of sp³-hybridized carbons (Fsp3) is 0.909. The highest BCUT2D eigenvalue weighted by atomic mass is 15.4. The first-order chi connectivity index (χ1) is 11.8. The third kappa shape index (κ3) is 8.99. The van der Waals surface area contributed by atoms with Gasteiger partial charge in [-0.15, -0.1) is 0 Å². The second-order valence-corrected chi connectivity index (χ2v) is 7.58. The van der Waals surface area contributed by atoms with Gasteiger partial charge < -0.3 is 9.80 Å². The minimum absolute atomic E-state index is 0.644. The smallest absolute Gasteiger partial charge is 0.101 e. The molecule has 2 nitrogen and oxygen atoms in total. The van der Waals surface area contributed by atoms with Crippen molar-refractivity contribution in [2.75, 3.05) is 13.1 Å². The van der Waals surface area contributed by atoms with Gasteiger partial charge in [-0.2, -0.15) is 0 Å². The number of hydrogen-bond donors (Lipinski definition) is 0. The molecule has 0 aromatic heterocycles. The van der Waals surface area contributed by atoms with E-state index in [2.05, 4.69) is 43.0 Å². The lowest BCUT2D eigenvalue weighted by Crippen LogP contribution is -2.39. The molecule has 1 unspecified atom stereocenters. The van der Waals surface area contributed by atoms with Gasteiger partial charge in [0.15, 0.2) is 0 Å². The van der Waals surface area contributed by atoms with Crippen molar-refractivity contribution < 1.29 is 0 Å². The molecule has 1 rings (SSSR count). The number of nitrogens with zero attached hydrogens (tertiary/aromatic N) is 2. The minimum Gasteiger partial charge on any atom is -0.356 e. The number of rotatable bonds is 16. The average molecular weight is 337 g/mol. The lowest BCUT2D eigenvalue weighted by Gasteiger charge is -2.33. The van der Waals surface area contributed by atoms with Crippen LogP contribution in [0, 0.1) is 0 Å². The molecule has 1 aliphatic heterocycles. The molecule has 1 aliphatic rings. The van der Waals surface area contributed by atoms with E-state index >= 15 is 0 Å². The Kier molecular flexibility index (Phi) is 13.1. The van der Waals surface area contributed by atoms with Crippen LogP contribution in [0.4, 0.5) is 0 Å². The zero-order valence-electron chi connectivity index (χ0n) is 16.9. The molecule has 0 aromatic carbocycles. The fourth-order valence-corrected chi connectivity index (χ4v) is 3.78. The van der Waals surface area contributed by atoms with Gasteiger partial charge in [0.05, 0.1) is 0 Å². The minimum atomic E-state index is 0.644. The van der Waals surface area contributed by atoms with Crippen molar-refractivity contribution >= 4 is 0 Å². The molecule has 2 heteroatoms. The van der Waals surface area contributed by atoms with E-state index in [0.717, 1.165) is 0 Å². The van der Waals surface area contributed by atoms with Gasteiger partial charge in [-0.25, -0.2) is 0 Å². The Labute approximate surface area is 152 Å². The Morgan fingerprint density at radius 2 is 1.04 bits per heavy atom. The fourth-order valence-electron chi connectivity index (χ4n) is 3.78. The van der Waals surface area contributed by atoms with Gasteiger partial charge in [0, 0.05) is 25.5 Å². The molecule has 0 aromatic rings. The van der Waals surface area contributed by atoms with Crippen LogP contribution in [-0.2, 0) is 0 Å². The molecule has 0 N–H and O–H groups in total. The molecule has 0 spiro atoms. The standard InChI is InChI=1S/C22H44N2/c1-4-7-9-10-11-12-13-14-16-19-24-21-20-23(18-6-3)22(24)17-15-8-5-2/h20-22H,4-19H2,1-3H3. The number of hydrogen-bond acceptors (Lipinski definition) is 2. The predicted octanol–water partition coefficient (Wildman–Crippen LogP) is 6.92. The van der Waals surface area contributed by atoms with E-state index in [4.69, 9.17) is 0 Å². The maximum absolute atomic E-state index is 2.62. The van der Waals surface area contributed by atoms with E-state index in [1.807, 2.05) is 0 Å². The van der Waals surface area contributed by atoms with E-state index in [1.165, 1.54) is 103 Å². The Morgan fingerprint density at radius 3 is 1.62 bits per heavy atom. The summed E-state index contributed by atoms with van der Waals surface area (Å²) >= 11 is 0. The molecule has 0 bridgehead atoms. The summed E-state index contributed by atoms with van der Waals surface area (Å²) in [6.07, 6.45) is 24.8. The van der Waals surface area contributed by atoms with Crippen molar-refractivity contribution in [3.05, 3.63) is 12.4 Å². The summed E-state index contributed by atoms with van der Waals surface area (Å²) in [5, 5.41) is 0. The molecule has 1 heterocycles. The lowest BCUT2D eigenvalue weighted by molar-refractivity contribution is 0.137. The molecule has 1 atom stereocenters. The van der Waals surface area contributed by atoms with E-state index < -0.39 is 0 Å². The normalized spacial score (nSPS) is 17.2. The summed E-state index contributed by atoms with van der Waals surface area (Å²) in [6, 6.07) is 0. The maximum Gasteiger partial charge on any atom is 0.101 e. The first-order valence-corrected chi connectivity index (χ1v) is 11.0. The van der Waals surface area contributed by atoms with Gasteiger partial charge in [-0.05, 0) is 25.7 Å². The van der Waals surface area contributed by atoms with Gasteiger partial charge in [0.25, 0.3) is 0 Å². The van der Waals surface area contributed by atoms with Crippen LogP contribution in [0.15, 0.2) is 12.4 Å². The Balaban J connectivity index is 2.14. The highest BCUT2D eigenvalue weighted by molar-refractivity contribution is 4.96. The van der Waals surface area contributed by atoms with Gasteiger partial charge in [-0.1, -0.05) is 85.0 Å². The molecular weight excluding hydrogens is 292 g/mol.